The number of carbonyl (C=O) groups excluding carboxylic acids is 1. The Bertz CT molecular complexity index is 914. The highest BCUT2D eigenvalue weighted by molar-refractivity contribution is 7.15. The Kier molecular flexibility index (Phi) is 5.32. The highest BCUT2D eigenvalue weighted by Crippen LogP contribution is 2.34. The predicted molar refractivity (Wildman–Crippen MR) is 111 cm³/mol. The van der Waals surface area contributed by atoms with Gasteiger partial charge in [-0.1, -0.05) is 60.2 Å². The van der Waals surface area contributed by atoms with Gasteiger partial charge in [-0.25, -0.2) is 4.98 Å². The molecule has 1 fully saturated rings. The van der Waals surface area contributed by atoms with E-state index in [1.807, 2.05) is 18.2 Å². The zero-order chi connectivity index (χ0) is 18.6. The Balaban J connectivity index is 1.60. The molecular formula is C22H23N3OS. The first-order chi connectivity index (χ1) is 13.2. The standard InChI is InChI=1S/C22H23N3OS/c1-15-7-9-17(10-8-15)21-19(11-20(26)24-14-16-12-23-13-16)27-22(25-21)18-5-3-2-4-6-18/h2-10,16,23H,11-14H2,1H3,(H,24,26). The van der Waals surface area contributed by atoms with Crippen LogP contribution in [0.2, 0.25) is 0 Å². The van der Waals surface area contributed by atoms with Gasteiger partial charge in [-0.15, -0.1) is 11.3 Å². The van der Waals surface area contributed by atoms with Crippen molar-refractivity contribution in [2.75, 3.05) is 19.6 Å². The minimum Gasteiger partial charge on any atom is -0.355 e. The minimum absolute atomic E-state index is 0.0681. The van der Waals surface area contributed by atoms with Gasteiger partial charge in [0.2, 0.25) is 5.91 Å². The summed E-state index contributed by atoms with van der Waals surface area (Å²) in [5.41, 5.74) is 4.28. The Morgan fingerprint density at radius 1 is 1.11 bits per heavy atom. The summed E-state index contributed by atoms with van der Waals surface area (Å²) in [5, 5.41) is 7.26. The zero-order valence-corrected chi connectivity index (χ0v) is 16.2. The van der Waals surface area contributed by atoms with Crippen molar-refractivity contribution in [1.29, 1.82) is 0 Å². The molecule has 27 heavy (non-hydrogen) atoms. The van der Waals surface area contributed by atoms with E-state index in [4.69, 9.17) is 4.98 Å². The van der Waals surface area contributed by atoms with Crippen LogP contribution in [0.15, 0.2) is 54.6 Å². The number of hydrogen-bond donors (Lipinski definition) is 2. The third-order valence-electron chi connectivity index (χ3n) is 4.82. The molecule has 4 rings (SSSR count). The molecule has 2 N–H and O–H groups in total. The van der Waals surface area contributed by atoms with Crippen LogP contribution >= 0.6 is 11.3 Å². The molecule has 5 heteroatoms. The summed E-state index contributed by atoms with van der Waals surface area (Å²) in [6, 6.07) is 18.5. The first-order valence-electron chi connectivity index (χ1n) is 9.28. The van der Waals surface area contributed by atoms with Gasteiger partial charge in [0.1, 0.15) is 5.01 Å². The second kappa shape index (κ2) is 8.03. The van der Waals surface area contributed by atoms with Gasteiger partial charge >= 0.3 is 0 Å². The van der Waals surface area contributed by atoms with Crippen LogP contribution in [-0.4, -0.2) is 30.5 Å². The Labute approximate surface area is 163 Å². The smallest absolute Gasteiger partial charge is 0.225 e. The lowest BCUT2D eigenvalue weighted by molar-refractivity contribution is -0.120. The summed E-state index contributed by atoms with van der Waals surface area (Å²) in [6.07, 6.45) is 0.369. The van der Waals surface area contributed by atoms with Crippen molar-refractivity contribution in [3.8, 4) is 21.8 Å². The monoisotopic (exact) mass is 377 g/mol. The highest BCUT2D eigenvalue weighted by atomic mass is 32.1. The molecule has 0 bridgehead atoms. The summed E-state index contributed by atoms with van der Waals surface area (Å²) < 4.78 is 0. The number of amides is 1. The van der Waals surface area contributed by atoms with Crippen LogP contribution in [0.3, 0.4) is 0 Å². The van der Waals surface area contributed by atoms with Gasteiger partial charge in [0.25, 0.3) is 0 Å². The molecule has 0 atom stereocenters. The van der Waals surface area contributed by atoms with E-state index in [1.54, 1.807) is 11.3 Å². The zero-order valence-electron chi connectivity index (χ0n) is 15.4. The molecule has 1 aromatic heterocycles. The average Bonchev–Trinajstić information content (AvgIpc) is 3.05. The predicted octanol–water partition coefficient (Wildman–Crippen LogP) is 3.66. The van der Waals surface area contributed by atoms with Gasteiger partial charge in [-0.3, -0.25) is 4.79 Å². The summed E-state index contributed by atoms with van der Waals surface area (Å²) >= 11 is 1.61. The van der Waals surface area contributed by atoms with Gasteiger partial charge in [-0.05, 0) is 6.92 Å². The van der Waals surface area contributed by atoms with E-state index in [1.165, 1.54) is 5.56 Å². The Hall–Kier alpha value is -2.50. The van der Waals surface area contributed by atoms with E-state index < -0.39 is 0 Å². The summed E-state index contributed by atoms with van der Waals surface area (Å²) in [7, 11) is 0. The molecule has 0 unspecified atom stereocenters. The molecule has 0 saturated carbocycles. The molecule has 1 amide bonds. The highest BCUT2D eigenvalue weighted by Gasteiger charge is 2.20. The van der Waals surface area contributed by atoms with Gasteiger partial charge in [0.15, 0.2) is 0 Å². The molecule has 2 heterocycles. The van der Waals surface area contributed by atoms with Crippen molar-refractivity contribution < 1.29 is 4.79 Å². The topological polar surface area (TPSA) is 54.0 Å². The molecular weight excluding hydrogens is 354 g/mol. The van der Waals surface area contributed by atoms with Gasteiger partial charge < -0.3 is 10.6 Å². The number of hydrogen-bond acceptors (Lipinski definition) is 4. The summed E-state index contributed by atoms with van der Waals surface area (Å²) in [6.45, 7) is 4.81. The summed E-state index contributed by atoms with van der Waals surface area (Å²) in [4.78, 5) is 18.4. The average molecular weight is 378 g/mol. The second-order valence-electron chi connectivity index (χ2n) is 7.03. The molecule has 2 aromatic carbocycles. The van der Waals surface area contributed by atoms with E-state index >= 15 is 0 Å². The molecule has 138 valence electrons. The van der Waals surface area contributed by atoms with Gasteiger partial charge in [0.05, 0.1) is 12.1 Å². The molecule has 0 spiro atoms. The van der Waals surface area contributed by atoms with E-state index in [0.717, 1.165) is 46.3 Å². The van der Waals surface area contributed by atoms with Crippen LogP contribution in [0.4, 0.5) is 0 Å². The van der Waals surface area contributed by atoms with E-state index in [2.05, 4.69) is 54.0 Å². The van der Waals surface area contributed by atoms with Crippen molar-refractivity contribution >= 4 is 17.2 Å². The van der Waals surface area contributed by atoms with Crippen molar-refractivity contribution in [3.63, 3.8) is 0 Å². The first kappa shape index (κ1) is 17.9. The van der Waals surface area contributed by atoms with Crippen molar-refractivity contribution in [2.45, 2.75) is 13.3 Å². The lowest BCUT2D eigenvalue weighted by Gasteiger charge is -2.27. The molecule has 1 aliphatic heterocycles. The number of rotatable bonds is 6. The van der Waals surface area contributed by atoms with Crippen molar-refractivity contribution in [3.05, 3.63) is 65.0 Å². The molecule has 3 aromatic rings. The van der Waals surface area contributed by atoms with Crippen molar-refractivity contribution in [1.82, 2.24) is 15.6 Å². The molecule has 0 aliphatic carbocycles. The number of benzene rings is 2. The van der Waals surface area contributed by atoms with Crippen LogP contribution < -0.4 is 10.6 Å². The fraction of sp³-hybridized carbons (Fsp3) is 0.273. The minimum atomic E-state index is 0.0681. The maximum Gasteiger partial charge on any atom is 0.225 e. The van der Waals surface area contributed by atoms with E-state index in [9.17, 15) is 4.79 Å². The number of aromatic nitrogens is 1. The van der Waals surface area contributed by atoms with Crippen LogP contribution in [0.25, 0.3) is 21.8 Å². The van der Waals surface area contributed by atoms with Crippen LogP contribution in [0.5, 0.6) is 0 Å². The maximum absolute atomic E-state index is 12.5. The first-order valence-corrected chi connectivity index (χ1v) is 10.1. The number of thiazole rings is 1. The maximum atomic E-state index is 12.5. The van der Waals surface area contributed by atoms with E-state index in [0.29, 0.717) is 12.3 Å². The molecule has 1 saturated heterocycles. The van der Waals surface area contributed by atoms with Crippen LogP contribution in [0.1, 0.15) is 10.4 Å². The SMILES string of the molecule is Cc1ccc(-c2nc(-c3ccccc3)sc2CC(=O)NCC2CNC2)cc1. The quantitative estimate of drug-likeness (QED) is 0.689. The molecule has 4 nitrogen and oxygen atoms in total. The van der Waals surface area contributed by atoms with Gasteiger partial charge in [-0.2, -0.15) is 0 Å². The molecule has 1 aliphatic rings. The fourth-order valence-corrected chi connectivity index (χ4v) is 4.16. The second-order valence-corrected chi connectivity index (χ2v) is 8.11. The fourth-order valence-electron chi connectivity index (χ4n) is 3.07. The lowest BCUT2D eigenvalue weighted by Crippen LogP contribution is -2.48. The number of aryl methyl sites for hydroxylation is 1. The summed E-state index contributed by atoms with van der Waals surface area (Å²) in [5.74, 6) is 0.630. The Morgan fingerprint density at radius 2 is 1.85 bits per heavy atom. The Morgan fingerprint density at radius 3 is 2.52 bits per heavy atom. The number of nitrogens with one attached hydrogen (secondary N) is 2. The number of carbonyl (C=O) groups is 1. The van der Waals surface area contributed by atoms with Crippen molar-refractivity contribution in [2.24, 2.45) is 5.92 Å². The number of nitrogens with zero attached hydrogens (tertiary/aromatic N) is 1. The largest absolute Gasteiger partial charge is 0.355 e. The van der Waals surface area contributed by atoms with Crippen LogP contribution in [-0.2, 0) is 11.2 Å². The van der Waals surface area contributed by atoms with Gasteiger partial charge in [0, 0.05) is 41.6 Å². The lowest BCUT2D eigenvalue weighted by atomic mass is 10.0. The third-order valence-corrected chi connectivity index (χ3v) is 5.92. The normalized spacial score (nSPS) is 14.0. The van der Waals surface area contributed by atoms with Crippen LogP contribution in [0, 0.1) is 12.8 Å². The molecule has 0 radical (unpaired) electrons. The van der Waals surface area contributed by atoms with E-state index in [-0.39, 0.29) is 5.91 Å². The third kappa shape index (κ3) is 4.26.